The van der Waals surface area contributed by atoms with Gasteiger partial charge < -0.3 is 10.1 Å². The molecule has 1 unspecified atom stereocenters. The van der Waals surface area contributed by atoms with Crippen molar-refractivity contribution in [2.45, 2.75) is 12.8 Å². The van der Waals surface area contributed by atoms with E-state index in [0.29, 0.717) is 11.4 Å². The maximum atomic E-state index is 13.2. The topological polar surface area (TPSA) is 64.1 Å². The number of aromatic nitrogens is 2. The van der Waals surface area contributed by atoms with Crippen molar-refractivity contribution in [2.75, 3.05) is 19.0 Å². The highest BCUT2D eigenvalue weighted by molar-refractivity contribution is 5.92. The molecule has 3 aromatic rings. The molecule has 128 valence electrons. The smallest absolute Gasteiger partial charge is 0.314 e. The number of rotatable bonds is 5. The van der Waals surface area contributed by atoms with Gasteiger partial charge in [0.15, 0.2) is 0 Å². The molecule has 0 bridgehead atoms. The molecule has 0 saturated heterocycles. The molecule has 0 saturated carbocycles. The number of nitrogens with zero attached hydrogens (tertiary/aromatic N) is 2. The number of halogens is 1. The molecule has 5 nitrogen and oxygen atoms in total. The van der Waals surface area contributed by atoms with Crippen LogP contribution in [0, 0.1) is 12.7 Å². The van der Waals surface area contributed by atoms with Crippen molar-refractivity contribution in [3.8, 4) is 0 Å². The quantitative estimate of drug-likeness (QED) is 0.721. The third-order valence-electron chi connectivity index (χ3n) is 4.10. The van der Waals surface area contributed by atoms with Crippen LogP contribution in [0.1, 0.15) is 17.0 Å². The SMILES string of the molecule is COC(=O)C(CNc1ncnc2cccc(C)c12)c1ccc(F)cc1. The van der Waals surface area contributed by atoms with Crippen molar-refractivity contribution in [3.05, 3.63) is 65.7 Å². The van der Waals surface area contributed by atoms with Crippen LogP contribution in [-0.4, -0.2) is 29.6 Å². The van der Waals surface area contributed by atoms with E-state index in [2.05, 4.69) is 15.3 Å². The number of carbonyl (C=O) groups is 1. The van der Waals surface area contributed by atoms with Gasteiger partial charge in [-0.2, -0.15) is 0 Å². The Hall–Kier alpha value is -3.02. The molecule has 1 aromatic heterocycles. The molecule has 6 heteroatoms. The van der Waals surface area contributed by atoms with Crippen LogP contribution in [0.3, 0.4) is 0 Å². The number of hydrogen-bond acceptors (Lipinski definition) is 5. The van der Waals surface area contributed by atoms with Crippen LogP contribution < -0.4 is 5.32 Å². The third-order valence-corrected chi connectivity index (χ3v) is 4.10. The zero-order valence-corrected chi connectivity index (χ0v) is 14.0. The van der Waals surface area contributed by atoms with E-state index in [-0.39, 0.29) is 12.4 Å². The lowest BCUT2D eigenvalue weighted by Crippen LogP contribution is -2.23. The van der Waals surface area contributed by atoms with Crippen molar-refractivity contribution < 1.29 is 13.9 Å². The van der Waals surface area contributed by atoms with Gasteiger partial charge in [0.05, 0.1) is 18.5 Å². The monoisotopic (exact) mass is 339 g/mol. The largest absolute Gasteiger partial charge is 0.468 e. The fourth-order valence-corrected chi connectivity index (χ4v) is 2.79. The number of anilines is 1. The van der Waals surface area contributed by atoms with Crippen LogP contribution in [0.2, 0.25) is 0 Å². The van der Waals surface area contributed by atoms with E-state index < -0.39 is 11.9 Å². The fourth-order valence-electron chi connectivity index (χ4n) is 2.79. The summed E-state index contributed by atoms with van der Waals surface area (Å²) in [6.45, 7) is 2.26. The minimum Gasteiger partial charge on any atom is -0.468 e. The molecule has 0 aliphatic carbocycles. The van der Waals surface area contributed by atoms with Crippen LogP contribution in [0.15, 0.2) is 48.8 Å². The molecule has 0 amide bonds. The zero-order valence-electron chi connectivity index (χ0n) is 14.0. The summed E-state index contributed by atoms with van der Waals surface area (Å²) in [5.41, 5.74) is 2.54. The highest BCUT2D eigenvalue weighted by Crippen LogP contribution is 2.25. The standard InChI is InChI=1S/C19H18FN3O2/c1-12-4-3-5-16-17(12)18(23-11-22-16)21-10-15(19(24)25-2)13-6-8-14(20)9-7-13/h3-9,11,15H,10H2,1-2H3,(H,21,22,23). The third kappa shape index (κ3) is 3.57. The second-order valence-corrected chi connectivity index (χ2v) is 5.70. The van der Waals surface area contributed by atoms with Crippen LogP contribution in [0.5, 0.6) is 0 Å². The predicted octanol–water partition coefficient (Wildman–Crippen LogP) is 3.45. The number of methoxy groups -OCH3 is 1. The maximum absolute atomic E-state index is 13.2. The normalized spacial score (nSPS) is 12.0. The van der Waals surface area contributed by atoms with Gasteiger partial charge >= 0.3 is 5.97 Å². The van der Waals surface area contributed by atoms with Crippen LogP contribution >= 0.6 is 0 Å². The summed E-state index contributed by atoms with van der Waals surface area (Å²) in [4.78, 5) is 20.7. The molecule has 0 spiro atoms. The van der Waals surface area contributed by atoms with E-state index in [1.807, 2.05) is 25.1 Å². The first-order valence-electron chi connectivity index (χ1n) is 7.87. The van der Waals surface area contributed by atoms with E-state index in [9.17, 15) is 9.18 Å². The molecule has 3 rings (SSSR count). The average Bonchev–Trinajstić information content (AvgIpc) is 2.63. The Morgan fingerprint density at radius 1 is 1.20 bits per heavy atom. The second kappa shape index (κ2) is 7.25. The predicted molar refractivity (Wildman–Crippen MR) is 93.9 cm³/mol. The van der Waals surface area contributed by atoms with E-state index in [4.69, 9.17) is 4.74 Å². The summed E-state index contributed by atoms with van der Waals surface area (Å²) in [5.74, 6) is -0.661. The Labute approximate surface area is 144 Å². The Kier molecular flexibility index (Phi) is 4.88. The van der Waals surface area contributed by atoms with E-state index in [1.165, 1.54) is 25.6 Å². The van der Waals surface area contributed by atoms with E-state index in [1.54, 1.807) is 12.1 Å². The Balaban J connectivity index is 1.89. The number of nitrogens with one attached hydrogen (secondary N) is 1. The van der Waals surface area contributed by atoms with Gasteiger partial charge in [0, 0.05) is 11.9 Å². The number of hydrogen-bond donors (Lipinski definition) is 1. The van der Waals surface area contributed by atoms with Crippen molar-refractivity contribution in [1.82, 2.24) is 9.97 Å². The zero-order chi connectivity index (χ0) is 17.8. The summed E-state index contributed by atoms with van der Waals surface area (Å²) in [6.07, 6.45) is 1.48. The van der Waals surface area contributed by atoms with Crippen LogP contribution in [0.25, 0.3) is 10.9 Å². The van der Waals surface area contributed by atoms with Crippen molar-refractivity contribution in [2.24, 2.45) is 0 Å². The minimum atomic E-state index is -0.570. The molecule has 1 heterocycles. The molecular formula is C19H18FN3O2. The Bertz CT molecular complexity index is 892. The number of carbonyl (C=O) groups excluding carboxylic acids is 1. The molecule has 2 aromatic carbocycles. The van der Waals surface area contributed by atoms with Gasteiger partial charge in [0.2, 0.25) is 0 Å². The molecule has 1 N–H and O–H groups in total. The van der Waals surface area contributed by atoms with Crippen molar-refractivity contribution >= 4 is 22.7 Å². The molecule has 1 atom stereocenters. The number of esters is 1. The molecular weight excluding hydrogens is 321 g/mol. The number of ether oxygens (including phenoxy) is 1. The van der Waals surface area contributed by atoms with Crippen LogP contribution in [0.4, 0.5) is 10.2 Å². The van der Waals surface area contributed by atoms with Crippen LogP contribution in [-0.2, 0) is 9.53 Å². The van der Waals surface area contributed by atoms with Gasteiger partial charge in [-0.25, -0.2) is 14.4 Å². The van der Waals surface area contributed by atoms with Gasteiger partial charge in [-0.15, -0.1) is 0 Å². The highest BCUT2D eigenvalue weighted by atomic mass is 19.1. The summed E-state index contributed by atoms with van der Waals surface area (Å²) in [5, 5.41) is 4.12. The first-order valence-corrected chi connectivity index (χ1v) is 7.87. The highest BCUT2D eigenvalue weighted by Gasteiger charge is 2.22. The molecule has 0 aliphatic heterocycles. The summed E-state index contributed by atoms with van der Waals surface area (Å²) in [6, 6.07) is 11.7. The summed E-state index contributed by atoms with van der Waals surface area (Å²) >= 11 is 0. The molecule has 0 aliphatic rings. The van der Waals surface area contributed by atoms with Gasteiger partial charge in [-0.05, 0) is 36.2 Å². The number of benzene rings is 2. The van der Waals surface area contributed by atoms with E-state index >= 15 is 0 Å². The van der Waals surface area contributed by atoms with Gasteiger partial charge in [0.25, 0.3) is 0 Å². The van der Waals surface area contributed by atoms with Gasteiger partial charge in [-0.3, -0.25) is 4.79 Å². The lowest BCUT2D eigenvalue weighted by Gasteiger charge is -2.17. The number of aryl methyl sites for hydroxylation is 1. The molecule has 0 radical (unpaired) electrons. The average molecular weight is 339 g/mol. The van der Waals surface area contributed by atoms with Gasteiger partial charge in [0.1, 0.15) is 18.0 Å². The minimum absolute atomic E-state index is 0.277. The van der Waals surface area contributed by atoms with Gasteiger partial charge in [-0.1, -0.05) is 24.3 Å². The Morgan fingerprint density at radius 3 is 2.68 bits per heavy atom. The lowest BCUT2D eigenvalue weighted by molar-refractivity contribution is -0.142. The Morgan fingerprint density at radius 2 is 1.96 bits per heavy atom. The summed E-state index contributed by atoms with van der Waals surface area (Å²) < 4.78 is 18.0. The van der Waals surface area contributed by atoms with Crippen molar-refractivity contribution in [1.29, 1.82) is 0 Å². The summed E-state index contributed by atoms with van der Waals surface area (Å²) in [7, 11) is 1.34. The number of fused-ring (bicyclic) bond motifs is 1. The van der Waals surface area contributed by atoms with E-state index in [0.717, 1.165) is 16.5 Å². The first-order chi connectivity index (χ1) is 12.1. The fraction of sp³-hybridized carbons (Fsp3) is 0.211. The molecule has 0 fully saturated rings. The second-order valence-electron chi connectivity index (χ2n) is 5.70. The van der Waals surface area contributed by atoms with Crippen molar-refractivity contribution in [3.63, 3.8) is 0 Å². The maximum Gasteiger partial charge on any atom is 0.314 e. The lowest BCUT2D eigenvalue weighted by atomic mass is 9.99. The first kappa shape index (κ1) is 16.8. The molecule has 25 heavy (non-hydrogen) atoms.